The molecule has 2 atom stereocenters. The van der Waals surface area contributed by atoms with E-state index in [2.05, 4.69) is 5.32 Å². The van der Waals surface area contributed by atoms with Crippen LogP contribution in [0.3, 0.4) is 0 Å². The summed E-state index contributed by atoms with van der Waals surface area (Å²) in [5, 5.41) is 3.84. The number of amides is 1. The van der Waals surface area contributed by atoms with Crippen molar-refractivity contribution in [2.75, 3.05) is 13.3 Å². The van der Waals surface area contributed by atoms with E-state index in [4.69, 9.17) is 37.4 Å². The highest BCUT2D eigenvalue weighted by Crippen LogP contribution is 2.37. The van der Waals surface area contributed by atoms with Gasteiger partial charge in [-0.15, -0.1) is 0 Å². The molecule has 0 spiro atoms. The molecule has 1 heterocycles. The van der Waals surface area contributed by atoms with Crippen LogP contribution in [0, 0.1) is 5.92 Å². The maximum atomic E-state index is 12.7. The topological polar surface area (TPSA) is 56.8 Å². The molecule has 1 amide bonds. The summed E-state index contributed by atoms with van der Waals surface area (Å²) in [4.78, 5) is 12.7. The van der Waals surface area contributed by atoms with Crippen LogP contribution in [0.4, 0.5) is 0 Å². The molecular weight excluding hydrogens is 389 g/mol. The van der Waals surface area contributed by atoms with Crippen molar-refractivity contribution in [2.45, 2.75) is 38.9 Å². The van der Waals surface area contributed by atoms with Crippen molar-refractivity contribution >= 4 is 29.1 Å². The van der Waals surface area contributed by atoms with Crippen LogP contribution in [0.2, 0.25) is 10.0 Å². The molecule has 1 saturated heterocycles. The van der Waals surface area contributed by atoms with Crippen LogP contribution in [0.15, 0.2) is 41.7 Å². The smallest absolute Gasteiger partial charge is 0.261 e. The van der Waals surface area contributed by atoms with Crippen molar-refractivity contribution in [3.05, 3.63) is 51.7 Å². The molecule has 3 rings (SSSR count). The van der Waals surface area contributed by atoms with Crippen molar-refractivity contribution in [1.82, 2.24) is 5.32 Å². The van der Waals surface area contributed by atoms with Crippen LogP contribution in [0.25, 0.3) is 0 Å². The van der Waals surface area contributed by atoms with E-state index >= 15 is 0 Å². The molecule has 1 aromatic carbocycles. The second-order valence-corrected chi connectivity index (χ2v) is 8.09. The van der Waals surface area contributed by atoms with Crippen molar-refractivity contribution < 1.29 is 19.0 Å². The van der Waals surface area contributed by atoms with Crippen molar-refractivity contribution in [3.63, 3.8) is 0 Å². The molecule has 7 heteroatoms. The minimum absolute atomic E-state index is 0.0346. The first kappa shape index (κ1) is 20.1. The summed E-state index contributed by atoms with van der Waals surface area (Å²) in [6.45, 7) is 6.52. The molecule has 1 aliphatic heterocycles. The third-order valence-electron chi connectivity index (χ3n) is 4.65. The minimum atomic E-state index is -0.666. The number of halogens is 2. The Balaban J connectivity index is 1.62. The number of fused-ring (bicyclic) bond motifs is 1. The molecule has 2 unspecified atom stereocenters. The Bertz CT molecular complexity index is 790. The summed E-state index contributed by atoms with van der Waals surface area (Å²) in [7, 11) is 0. The van der Waals surface area contributed by atoms with Crippen molar-refractivity contribution in [2.24, 2.45) is 5.92 Å². The lowest BCUT2D eigenvalue weighted by atomic mass is 9.89. The van der Waals surface area contributed by atoms with Gasteiger partial charge in [0.2, 0.25) is 0 Å². The fourth-order valence-electron chi connectivity index (χ4n) is 3.12. The Morgan fingerprint density at radius 2 is 2.11 bits per heavy atom. The Morgan fingerprint density at radius 3 is 2.81 bits per heavy atom. The summed E-state index contributed by atoms with van der Waals surface area (Å²) in [6.07, 6.45) is 3.88. The number of benzene rings is 1. The average molecular weight is 412 g/mol. The lowest BCUT2D eigenvalue weighted by Crippen LogP contribution is -2.43. The van der Waals surface area contributed by atoms with Gasteiger partial charge in [0.1, 0.15) is 17.1 Å². The van der Waals surface area contributed by atoms with E-state index in [-0.39, 0.29) is 18.6 Å². The van der Waals surface area contributed by atoms with E-state index in [9.17, 15) is 4.79 Å². The Labute approximate surface area is 169 Å². The zero-order chi connectivity index (χ0) is 19.6. The zero-order valence-corrected chi connectivity index (χ0v) is 17.1. The predicted molar refractivity (Wildman–Crippen MR) is 105 cm³/mol. The summed E-state index contributed by atoms with van der Waals surface area (Å²) in [6, 6.07) is 4.94. The average Bonchev–Trinajstić information content (AvgIpc) is 2.99. The quantitative estimate of drug-likeness (QED) is 0.748. The van der Waals surface area contributed by atoms with Gasteiger partial charge in [-0.3, -0.25) is 4.79 Å². The van der Waals surface area contributed by atoms with Crippen LogP contribution < -0.4 is 10.1 Å². The van der Waals surface area contributed by atoms with Gasteiger partial charge in [-0.2, -0.15) is 0 Å². The second-order valence-electron chi connectivity index (χ2n) is 7.25. The SMILES string of the molecule is CC(C)C(Oc1ccc(Cl)cc1Cl)C(=O)NCC1=CC=C2OCOC2(C)C1. The van der Waals surface area contributed by atoms with Gasteiger partial charge in [0.25, 0.3) is 5.91 Å². The summed E-state index contributed by atoms with van der Waals surface area (Å²) < 4.78 is 17.0. The van der Waals surface area contributed by atoms with E-state index in [0.717, 1.165) is 11.3 Å². The maximum Gasteiger partial charge on any atom is 0.261 e. The Kier molecular flexibility index (Phi) is 6.04. The van der Waals surface area contributed by atoms with Crippen LogP contribution in [-0.4, -0.2) is 30.9 Å². The highest BCUT2D eigenvalue weighted by Gasteiger charge is 2.39. The highest BCUT2D eigenvalue weighted by molar-refractivity contribution is 6.35. The number of ether oxygens (including phenoxy) is 3. The third kappa shape index (κ3) is 4.60. The molecule has 1 fully saturated rings. The standard InChI is InChI=1S/C20H23Cl2NO4/c1-12(2)18(27-16-6-5-14(21)8-15(16)22)19(24)23-10-13-4-7-17-20(3,9-13)26-11-25-17/h4-8,12,18H,9-11H2,1-3H3,(H,23,24). The number of hydrogen-bond donors (Lipinski definition) is 1. The highest BCUT2D eigenvalue weighted by atomic mass is 35.5. The monoisotopic (exact) mass is 411 g/mol. The number of rotatable bonds is 6. The summed E-state index contributed by atoms with van der Waals surface area (Å²) in [5.74, 6) is 1.04. The molecule has 2 aliphatic rings. The van der Waals surface area contributed by atoms with Crippen LogP contribution in [-0.2, 0) is 14.3 Å². The second kappa shape index (κ2) is 8.13. The molecular formula is C20H23Cl2NO4. The zero-order valence-electron chi connectivity index (χ0n) is 15.6. The lowest BCUT2D eigenvalue weighted by molar-refractivity contribution is -0.129. The molecule has 146 valence electrons. The van der Waals surface area contributed by atoms with Gasteiger partial charge in [0.05, 0.1) is 5.02 Å². The Hall–Kier alpha value is -1.69. The largest absolute Gasteiger partial charge is 0.479 e. The van der Waals surface area contributed by atoms with E-state index in [1.54, 1.807) is 18.2 Å². The third-order valence-corrected chi connectivity index (χ3v) is 5.18. The molecule has 0 saturated carbocycles. The normalized spacial score (nSPS) is 22.4. The molecule has 1 aliphatic carbocycles. The van der Waals surface area contributed by atoms with E-state index in [0.29, 0.717) is 28.8 Å². The van der Waals surface area contributed by atoms with Crippen LogP contribution in [0.5, 0.6) is 5.75 Å². The molecule has 1 aromatic rings. The predicted octanol–water partition coefficient (Wildman–Crippen LogP) is 4.49. The van der Waals surface area contributed by atoms with Gasteiger partial charge in [0.15, 0.2) is 12.9 Å². The van der Waals surface area contributed by atoms with Crippen LogP contribution >= 0.6 is 23.2 Å². The molecule has 1 N–H and O–H groups in total. The maximum absolute atomic E-state index is 12.7. The molecule has 0 radical (unpaired) electrons. The van der Waals surface area contributed by atoms with E-state index < -0.39 is 11.7 Å². The minimum Gasteiger partial charge on any atom is -0.479 e. The Morgan fingerprint density at radius 1 is 1.33 bits per heavy atom. The first-order valence-electron chi connectivity index (χ1n) is 8.85. The number of allylic oxidation sites excluding steroid dienone is 2. The molecule has 27 heavy (non-hydrogen) atoms. The molecule has 5 nitrogen and oxygen atoms in total. The van der Waals surface area contributed by atoms with Gasteiger partial charge in [-0.1, -0.05) is 43.1 Å². The van der Waals surface area contributed by atoms with Crippen LogP contribution in [0.1, 0.15) is 27.2 Å². The van der Waals surface area contributed by atoms with Gasteiger partial charge >= 0.3 is 0 Å². The summed E-state index contributed by atoms with van der Waals surface area (Å²) in [5.41, 5.74) is 0.617. The number of hydrogen-bond acceptors (Lipinski definition) is 4. The van der Waals surface area contributed by atoms with Gasteiger partial charge < -0.3 is 19.5 Å². The van der Waals surface area contributed by atoms with E-state index in [1.165, 1.54) is 0 Å². The number of carbonyl (C=O) groups is 1. The fraction of sp³-hybridized carbons (Fsp3) is 0.450. The van der Waals surface area contributed by atoms with Crippen molar-refractivity contribution in [1.29, 1.82) is 0 Å². The van der Waals surface area contributed by atoms with Gasteiger partial charge in [-0.25, -0.2) is 0 Å². The molecule has 0 bridgehead atoms. The number of nitrogens with one attached hydrogen (secondary N) is 1. The fourth-order valence-corrected chi connectivity index (χ4v) is 3.57. The van der Waals surface area contributed by atoms with Gasteiger partial charge in [-0.05, 0) is 42.7 Å². The lowest BCUT2D eigenvalue weighted by Gasteiger charge is -2.27. The van der Waals surface area contributed by atoms with Crippen molar-refractivity contribution in [3.8, 4) is 5.75 Å². The van der Waals surface area contributed by atoms with E-state index in [1.807, 2.05) is 32.9 Å². The molecule has 0 aromatic heterocycles. The summed E-state index contributed by atoms with van der Waals surface area (Å²) >= 11 is 12.1. The first-order chi connectivity index (χ1) is 12.8. The number of carbonyl (C=O) groups excluding carboxylic acids is 1. The first-order valence-corrected chi connectivity index (χ1v) is 9.60. The van der Waals surface area contributed by atoms with Gasteiger partial charge in [0, 0.05) is 18.0 Å².